The molecule has 3 aromatic rings. The molecule has 7 heteroatoms. The molecule has 3 aromatic carbocycles. The van der Waals surface area contributed by atoms with Crippen LogP contribution in [0.5, 0.6) is 28.7 Å². The summed E-state index contributed by atoms with van der Waals surface area (Å²) in [6, 6.07) is 19.7. The molecular formula is C29H35NO6. The lowest BCUT2D eigenvalue weighted by Crippen LogP contribution is -2.36. The maximum Gasteiger partial charge on any atom is 0.227 e. The Bertz CT molecular complexity index is 1110. The van der Waals surface area contributed by atoms with E-state index in [1.54, 1.807) is 35.5 Å². The molecule has 0 heterocycles. The van der Waals surface area contributed by atoms with Crippen molar-refractivity contribution in [3.05, 3.63) is 77.4 Å². The van der Waals surface area contributed by atoms with E-state index in [-0.39, 0.29) is 12.3 Å². The van der Waals surface area contributed by atoms with Crippen LogP contribution in [0.4, 0.5) is 0 Å². The minimum absolute atomic E-state index is 0.0284. The van der Waals surface area contributed by atoms with Gasteiger partial charge in [-0.2, -0.15) is 0 Å². The van der Waals surface area contributed by atoms with E-state index in [1.165, 1.54) is 5.56 Å². The Morgan fingerprint density at radius 1 is 0.611 bits per heavy atom. The third-order valence-corrected chi connectivity index (χ3v) is 6.06. The molecule has 3 rings (SSSR count). The van der Waals surface area contributed by atoms with Crippen molar-refractivity contribution >= 4 is 5.91 Å². The van der Waals surface area contributed by atoms with E-state index in [1.807, 2.05) is 53.4 Å². The summed E-state index contributed by atoms with van der Waals surface area (Å²) in [4.78, 5) is 15.4. The van der Waals surface area contributed by atoms with Crippen LogP contribution in [-0.2, 0) is 24.1 Å². The van der Waals surface area contributed by atoms with Crippen molar-refractivity contribution in [3.63, 3.8) is 0 Å². The molecule has 36 heavy (non-hydrogen) atoms. The Balaban J connectivity index is 1.79. The first-order valence-electron chi connectivity index (χ1n) is 11.8. The van der Waals surface area contributed by atoms with E-state index in [2.05, 4.69) is 12.1 Å². The summed E-state index contributed by atoms with van der Waals surface area (Å²) in [5.41, 5.74) is 3.05. The third kappa shape index (κ3) is 6.84. The van der Waals surface area contributed by atoms with Gasteiger partial charge in [-0.3, -0.25) is 4.79 Å². The predicted molar refractivity (Wildman–Crippen MR) is 140 cm³/mol. The number of hydrogen-bond acceptors (Lipinski definition) is 6. The summed E-state index contributed by atoms with van der Waals surface area (Å²) in [6.07, 6.45) is 1.68. The minimum Gasteiger partial charge on any atom is -0.493 e. The second-order valence-corrected chi connectivity index (χ2v) is 8.27. The molecule has 0 radical (unpaired) electrons. The number of benzene rings is 3. The van der Waals surface area contributed by atoms with E-state index in [4.69, 9.17) is 23.7 Å². The fraction of sp³-hybridized carbons (Fsp3) is 0.345. The van der Waals surface area contributed by atoms with Crippen LogP contribution in [0.15, 0.2) is 60.7 Å². The quantitative estimate of drug-likeness (QED) is 0.347. The number of hydrogen-bond donors (Lipinski definition) is 0. The van der Waals surface area contributed by atoms with Crippen LogP contribution in [0.2, 0.25) is 0 Å². The van der Waals surface area contributed by atoms with Gasteiger partial charge in [0.1, 0.15) is 0 Å². The van der Waals surface area contributed by atoms with Gasteiger partial charge in [-0.25, -0.2) is 0 Å². The highest BCUT2D eigenvalue weighted by atomic mass is 16.5. The number of ether oxygens (including phenoxy) is 5. The number of nitrogens with zero attached hydrogens (tertiary/aromatic N) is 1. The highest BCUT2D eigenvalue weighted by molar-refractivity contribution is 5.79. The van der Waals surface area contributed by atoms with E-state index in [0.29, 0.717) is 48.3 Å². The zero-order chi connectivity index (χ0) is 25.9. The monoisotopic (exact) mass is 493 g/mol. The number of amides is 1. The summed E-state index contributed by atoms with van der Waals surface area (Å²) in [5, 5.41) is 0. The lowest BCUT2D eigenvalue weighted by Gasteiger charge is -2.24. The molecule has 0 N–H and O–H groups in total. The first-order valence-corrected chi connectivity index (χ1v) is 11.8. The van der Waals surface area contributed by atoms with Crippen molar-refractivity contribution in [2.24, 2.45) is 0 Å². The Kier molecular flexibility index (Phi) is 9.86. The summed E-state index contributed by atoms with van der Waals surface area (Å²) in [7, 11) is 7.93. The van der Waals surface area contributed by atoms with Crippen LogP contribution in [0, 0.1) is 0 Å². The summed E-state index contributed by atoms with van der Waals surface area (Å²) < 4.78 is 27.1. The zero-order valence-electron chi connectivity index (χ0n) is 21.7. The molecular weight excluding hydrogens is 458 g/mol. The van der Waals surface area contributed by atoms with Crippen LogP contribution in [0.1, 0.15) is 16.7 Å². The van der Waals surface area contributed by atoms with Crippen molar-refractivity contribution in [2.75, 3.05) is 48.6 Å². The molecule has 0 spiro atoms. The molecule has 0 bridgehead atoms. The maximum absolute atomic E-state index is 13.5. The van der Waals surface area contributed by atoms with Crippen LogP contribution >= 0.6 is 0 Å². The van der Waals surface area contributed by atoms with Gasteiger partial charge < -0.3 is 28.6 Å². The lowest BCUT2D eigenvalue weighted by molar-refractivity contribution is -0.130. The van der Waals surface area contributed by atoms with Crippen LogP contribution in [-0.4, -0.2) is 59.4 Å². The first-order chi connectivity index (χ1) is 17.5. The Morgan fingerprint density at radius 2 is 1.17 bits per heavy atom. The molecule has 0 unspecified atom stereocenters. The molecule has 1 amide bonds. The highest BCUT2D eigenvalue weighted by Gasteiger charge is 2.19. The van der Waals surface area contributed by atoms with Gasteiger partial charge >= 0.3 is 0 Å². The molecule has 0 aliphatic carbocycles. The average molecular weight is 494 g/mol. The second-order valence-electron chi connectivity index (χ2n) is 8.27. The Morgan fingerprint density at radius 3 is 1.72 bits per heavy atom. The molecule has 0 aliphatic rings. The Labute approximate surface area is 213 Å². The molecule has 0 saturated carbocycles. The van der Waals surface area contributed by atoms with Gasteiger partial charge in [0.05, 0.1) is 42.0 Å². The van der Waals surface area contributed by atoms with Crippen molar-refractivity contribution in [2.45, 2.75) is 19.3 Å². The van der Waals surface area contributed by atoms with E-state index in [9.17, 15) is 4.79 Å². The van der Waals surface area contributed by atoms with Gasteiger partial charge in [-0.15, -0.1) is 0 Å². The predicted octanol–water partition coefficient (Wildman–Crippen LogP) is 4.59. The molecule has 0 atom stereocenters. The van der Waals surface area contributed by atoms with Gasteiger partial charge in [-0.1, -0.05) is 36.4 Å². The fourth-order valence-corrected chi connectivity index (χ4v) is 4.09. The lowest BCUT2D eigenvalue weighted by atomic mass is 10.1. The SMILES string of the molecule is COc1ccc(CCN(CCc2ccccc2)C(=O)Cc2cc(OC)c(OC)c(OC)c2)cc1OC. The number of carbonyl (C=O) groups excluding carboxylic acids is 1. The minimum atomic E-state index is 0.0284. The van der Waals surface area contributed by atoms with Gasteiger partial charge in [0.15, 0.2) is 23.0 Å². The van der Waals surface area contributed by atoms with Crippen molar-refractivity contribution in [3.8, 4) is 28.7 Å². The largest absolute Gasteiger partial charge is 0.493 e. The number of carbonyl (C=O) groups is 1. The van der Waals surface area contributed by atoms with Crippen molar-refractivity contribution in [1.82, 2.24) is 4.90 Å². The molecule has 7 nitrogen and oxygen atoms in total. The van der Waals surface area contributed by atoms with Gasteiger partial charge in [0.2, 0.25) is 11.7 Å². The van der Waals surface area contributed by atoms with Crippen LogP contribution in [0.25, 0.3) is 0 Å². The van der Waals surface area contributed by atoms with E-state index >= 15 is 0 Å². The summed E-state index contributed by atoms with van der Waals surface area (Å²) in [5.74, 6) is 2.95. The number of rotatable bonds is 13. The summed E-state index contributed by atoms with van der Waals surface area (Å²) in [6.45, 7) is 1.19. The standard InChI is InChI=1S/C29H35NO6/c1-32-24-12-11-22(17-25(24)33-2)14-16-30(15-13-21-9-7-6-8-10-21)28(31)20-23-18-26(34-3)29(36-5)27(19-23)35-4/h6-12,17-19H,13-16,20H2,1-5H3. The second kappa shape index (κ2) is 13.3. The molecule has 0 saturated heterocycles. The van der Waals surface area contributed by atoms with Crippen molar-refractivity contribution in [1.29, 1.82) is 0 Å². The van der Waals surface area contributed by atoms with Crippen LogP contribution in [0.3, 0.4) is 0 Å². The van der Waals surface area contributed by atoms with Gasteiger partial charge in [0.25, 0.3) is 0 Å². The molecule has 0 aromatic heterocycles. The average Bonchev–Trinajstić information content (AvgIpc) is 2.92. The normalized spacial score (nSPS) is 10.5. The van der Waals surface area contributed by atoms with Gasteiger partial charge in [0, 0.05) is 13.1 Å². The first kappa shape index (κ1) is 26.7. The van der Waals surface area contributed by atoms with Crippen LogP contribution < -0.4 is 23.7 Å². The maximum atomic E-state index is 13.5. The third-order valence-electron chi connectivity index (χ3n) is 6.06. The fourth-order valence-electron chi connectivity index (χ4n) is 4.09. The smallest absolute Gasteiger partial charge is 0.227 e. The van der Waals surface area contributed by atoms with Crippen molar-refractivity contribution < 1.29 is 28.5 Å². The molecule has 0 fully saturated rings. The molecule has 0 aliphatic heterocycles. The highest BCUT2D eigenvalue weighted by Crippen LogP contribution is 2.38. The topological polar surface area (TPSA) is 66.5 Å². The van der Waals surface area contributed by atoms with E-state index in [0.717, 1.165) is 17.5 Å². The number of methoxy groups -OCH3 is 5. The zero-order valence-corrected chi connectivity index (χ0v) is 21.7. The Hall–Kier alpha value is -3.87. The van der Waals surface area contributed by atoms with E-state index < -0.39 is 0 Å². The van der Waals surface area contributed by atoms with Gasteiger partial charge in [-0.05, 0) is 53.8 Å². The molecule has 192 valence electrons. The summed E-state index contributed by atoms with van der Waals surface area (Å²) >= 11 is 0.